The first kappa shape index (κ1) is 38.9. The van der Waals surface area contributed by atoms with E-state index in [-0.39, 0.29) is 39.6 Å². The van der Waals surface area contributed by atoms with E-state index in [0.29, 0.717) is 67.2 Å². The number of carboxylic acids is 1. The minimum atomic E-state index is -4.32. The van der Waals surface area contributed by atoms with Crippen LogP contribution in [-0.4, -0.2) is 74.7 Å². The van der Waals surface area contributed by atoms with Crippen LogP contribution in [0.1, 0.15) is 65.3 Å². The molecule has 0 bridgehead atoms. The normalized spacial score (nSPS) is 13.5. The number of aromatic carboxylic acids is 1. The van der Waals surface area contributed by atoms with Crippen LogP contribution in [0.2, 0.25) is 0 Å². The van der Waals surface area contributed by atoms with Gasteiger partial charge in [0.2, 0.25) is 5.76 Å². The summed E-state index contributed by atoms with van der Waals surface area (Å²) in [5.41, 5.74) is 3.47. The molecule has 0 aliphatic carbocycles. The van der Waals surface area contributed by atoms with Gasteiger partial charge in [0.05, 0.1) is 11.4 Å². The number of para-hydroxylation sites is 2. The highest BCUT2D eigenvalue weighted by molar-refractivity contribution is 7.93. The molecule has 2 N–H and O–H groups in total. The Labute approximate surface area is 321 Å². The number of aryl methyl sites for hydroxylation is 2. The molecule has 0 radical (unpaired) electrons. The van der Waals surface area contributed by atoms with Gasteiger partial charge < -0.3 is 24.1 Å². The fourth-order valence-corrected chi connectivity index (χ4v) is 8.89. The van der Waals surface area contributed by atoms with Crippen LogP contribution < -0.4 is 14.5 Å². The Kier molecular flexibility index (Phi) is 11.2. The first-order valence-corrected chi connectivity index (χ1v) is 19.7. The summed E-state index contributed by atoms with van der Waals surface area (Å²) < 4.78 is 42.8. The lowest BCUT2D eigenvalue weighted by molar-refractivity contribution is 0.0632. The number of benzene rings is 4. The van der Waals surface area contributed by atoms with E-state index in [1.807, 2.05) is 49.4 Å². The number of carboxylic acid groups (broad SMARTS) is 1. The van der Waals surface area contributed by atoms with Crippen molar-refractivity contribution >= 4 is 56.0 Å². The summed E-state index contributed by atoms with van der Waals surface area (Å²) in [5.74, 6) is -1.72. The maximum atomic E-state index is 15.2. The Balaban J connectivity index is 1.29. The van der Waals surface area contributed by atoms with Crippen molar-refractivity contribution in [3.8, 4) is 0 Å². The first-order valence-electron chi connectivity index (χ1n) is 18.3. The van der Waals surface area contributed by atoms with Crippen molar-refractivity contribution in [1.29, 1.82) is 0 Å². The number of fused-ring (bicyclic) bond motifs is 1. The average Bonchev–Trinajstić information content (AvgIpc) is 3.50. The molecule has 55 heavy (non-hydrogen) atoms. The molecule has 13 heteroatoms. The van der Waals surface area contributed by atoms with E-state index in [4.69, 9.17) is 9.15 Å². The maximum Gasteiger partial charge on any atom is 0.412 e. The summed E-state index contributed by atoms with van der Waals surface area (Å²) in [6, 6.07) is 27.0. The number of nitrogens with zero attached hydrogens (tertiary/aromatic N) is 3. The molecule has 6 rings (SSSR count). The zero-order valence-corrected chi connectivity index (χ0v) is 32.5. The van der Waals surface area contributed by atoms with E-state index in [1.165, 1.54) is 4.31 Å². The number of rotatable bonds is 11. The van der Waals surface area contributed by atoms with Gasteiger partial charge in [0.15, 0.2) is 0 Å². The Morgan fingerprint density at radius 2 is 1.55 bits per heavy atom. The zero-order chi connectivity index (χ0) is 39.5. The SMILES string of the molecule is CCc1ccc2oc(C(=O)O)c(C)c2c1S(=O)(=O)N(CCc1ccccc1)c1ccccc1N1CCN(C(=O)c2ccc(NC(=O)OC(C)(C)C)cc2)CC1. The Morgan fingerprint density at radius 1 is 0.891 bits per heavy atom. The van der Waals surface area contributed by atoms with Gasteiger partial charge in [0.1, 0.15) is 16.1 Å². The first-order chi connectivity index (χ1) is 26.2. The molecule has 288 valence electrons. The van der Waals surface area contributed by atoms with Crippen LogP contribution in [0.25, 0.3) is 11.0 Å². The highest BCUT2D eigenvalue weighted by Crippen LogP contribution is 2.40. The predicted octanol–water partition coefficient (Wildman–Crippen LogP) is 7.75. The summed E-state index contributed by atoms with van der Waals surface area (Å²) in [6.07, 6.45) is 0.233. The number of furan rings is 1. The van der Waals surface area contributed by atoms with Crippen LogP contribution in [-0.2, 0) is 27.6 Å². The molecule has 4 aromatic carbocycles. The smallest absolute Gasteiger partial charge is 0.412 e. The van der Waals surface area contributed by atoms with Crippen molar-refractivity contribution in [2.45, 2.75) is 58.0 Å². The van der Waals surface area contributed by atoms with Gasteiger partial charge in [0, 0.05) is 54.9 Å². The molecule has 0 atom stereocenters. The fourth-order valence-electron chi connectivity index (χ4n) is 6.87. The number of piperazine rings is 1. The number of sulfonamides is 1. The number of nitrogens with one attached hydrogen (secondary N) is 1. The number of amides is 2. The number of carbonyl (C=O) groups is 3. The lowest BCUT2D eigenvalue weighted by Gasteiger charge is -2.38. The number of carbonyl (C=O) groups excluding carboxylic acids is 2. The predicted molar refractivity (Wildman–Crippen MR) is 213 cm³/mol. The molecule has 1 saturated heterocycles. The second-order valence-corrected chi connectivity index (χ2v) is 16.2. The van der Waals surface area contributed by atoms with Crippen LogP contribution in [0.15, 0.2) is 100 Å². The molecule has 0 unspecified atom stereocenters. The number of anilines is 3. The molecule has 1 fully saturated rings. The van der Waals surface area contributed by atoms with Gasteiger partial charge in [0.25, 0.3) is 15.9 Å². The molecule has 2 heterocycles. The monoisotopic (exact) mass is 766 g/mol. The largest absolute Gasteiger partial charge is 0.475 e. The van der Waals surface area contributed by atoms with Gasteiger partial charge in [-0.15, -0.1) is 0 Å². The van der Waals surface area contributed by atoms with E-state index < -0.39 is 27.7 Å². The summed E-state index contributed by atoms with van der Waals surface area (Å²) in [4.78, 5) is 41.7. The quantitative estimate of drug-likeness (QED) is 0.138. The molecule has 12 nitrogen and oxygen atoms in total. The average molecular weight is 767 g/mol. The van der Waals surface area contributed by atoms with Crippen LogP contribution in [0.5, 0.6) is 0 Å². The van der Waals surface area contributed by atoms with Crippen molar-refractivity contribution in [2.24, 2.45) is 0 Å². The van der Waals surface area contributed by atoms with E-state index >= 15 is 8.42 Å². The number of hydrogen-bond donors (Lipinski definition) is 2. The van der Waals surface area contributed by atoms with Crippen molar-refractivity contribution in [2.75, 3.05) is 47.2 Å². The van der Waals surface area contributed by atoms with E-state index in [0.717, 1.165) is 5.56 Å². The van der Waals surface area contributed by atoms with Crippen LogP contribution in [0, 0.1) is 6.92 Å². The fraction of sp³-hybridized carbons (Fsp3) is 0.310. The van der Waals surface area contributed by atoms with E-state index in [2.05, 4.69) is 10.2 Å². The second-order valence-electron chi connectivity index (χ2n) is 14.4. The van der Waals surface area contributed by atoms with Gasteiger partial charge in [-0.05, 0) is 94.1 Å². The van der Waals surface area contributed by atoms with Crippen LogP contribution in [0.4, 0.5) is 21.9 Å². The Morgan fingerprint density at radius 3 is 2.18 bits per heavy atom. The van der Waals surface area contributed by atoms with Gasteiger partial charge >= 0.3 is 12.1 Å². The zero-order valence-electron chi connectivity index (χ0n) is 31.7. The number of ether oxygens (including phenoxy) is 1. The molecule has 2 amide bonds. The minimum absolute atomic E-state index is 0.0341. The molecule has 5 aromatic rings. The maximum absolute atomic E-state index is 15.2. The second kappa shape index (κ2) is 15.9. The molecule has 0 saturated carbocycles. The summed E-state index contributed by atoms with van der Waals surface area (Å²) >= 11 is 0. The van der Waals surface area contributed by atoms with Crippen molar-refractivity contribution in [3.05, 3.63) is 119 Å². The van der Waals surface area contributed by atoms with Gasteiger partial charge in [-0.2, -0.15) is 0 Å². The van der Waals surface area contributed by atoms with Crippen LogP contribution in [0.3, 0.4) is 0 Å². The third kappa shape index (κ3) is 8.46. The third-order valence-electron chi connectivity index (χ3n) is 9.53. The van der Waals surface area contributed by atoms with Crippen molar-refractivity contribution in [1.82, 2.24) is 4.90 Å². The van der Waals surface area contributed by atoms with Crippen molar-refractivity contribution < 1.29 is 37.1 Å². The molecular formula is C42H46N4O8S. The van der Waals surface area contributed by atoms with E-state index in [9.17, 15) is 19.5 Å². The third-order valence-corrected chi connectivity index (χ3v) is 11.5. The van der Waals surface area contributed by atoms with Gasteiger partial charge in [-0.25, -0.2) is 18.0 Å². The standard InChI is InChI=1S/C42H46N4O8S/c1-6-30-18-21-35-36(28(2)37(53-35)40(48)49)38(30)55(51,52)46(23-22-29-12-8-7-9-13-29)34-15-11-10-14-33(34)44-24-26-45(27-25-44)39(47)31-16-19-32(20-17-31)43-41(50)54-42(3,4)5/h7-21H,6,22-27H2,1-5H3,(H,43,50)(H,48,49). The molecule has 1 aliphatic rings. The molecule has 0 spiro atoms. The van der Waals surface area contributed by atoms with E-state index in [1.54, 1.807) is 81.1 Å². The number of hydrogen-bond acceptors (Lipinski definition) is 8. The summed E-state index contributed by atoms with van der Waals surface area (Å²) in [7, 11) is -4.32. The molecule has 1 aromatic heterocycles. The highest BCUT2D eigenvalue weighted by atomic mass is 32.2. The lowest BCUT2D eigenvalue weighted by atomic mass is 10.1. The Bertz CT molecular complexity index is 2310. The summed E-state index contributed by atoms with van der Waals surface area (Å²) in [6.45, 7) is 10.6. The lowest BCUT2D eigenvalue weighted by Crippen LogP contribution is -2.49. The van der Waals surface area contributed by atoms with Gasteiger partial charge in [-0.3, -0.25) is 14.4 Å². The van der Waals surface area contributed by atoms with Crippen LogP contribution >= 0.6 is 0 Å². The Hall–Kier alpha value is -5.82. The topological polar surface area (TPSA) is 150 Å². The van der Waals surface area contributed by atoms with Gasteiger partial charge in [-0.1, -0.05) is 55.5 Å². The van der Waals surface area contributed by atoms with Crippen molar-refractivity contribution in [3.63, 3.8) is 0 Å². The summed E-state index contributed by atoms with van der Waals surface area (Å²) in [5, 5.41) is 12.8. The highest BCUT2D eigenvalue weighted by Gasteiger charge is 2.35. The minimum Gasteiger partial charge on any atom is -0.475 e. The molecule has 1 aliphatic heterocycles. The molecular weight excluding hydrogens is 721 g/mol.